The highest BCUT2D eigenvalue weighted by molar-refractivity contribution is 7.17. The molecule has 2 amide bonds. The molecule has 0 bridgehead atoms. The van der Waals surface area contributed by atoms with Crippen molar-refractivity contribution in [2.45, 2.75) is 40.0 Å². The van der Waals surface area contributed by atoms with Crippen molar-refractivity contribution in [2.24, 2.45) is 11.3 Å². The number of nitrogens with zero attached hydrogens (tertiary/aromatic N) is 1. The van der Waals surface area contributed by atoms with Crippen molar-refractivity contribution >= 4 is 39.8 Å². The van der Waals surface area contributed by atoms with Gasteiger partial charge in [-0.25, -0.2) is 4.79 Å². The van der Waals surface area contributed by atoms with E-state index in [0.717, 1.165) is 29.7 Å². The molecular formula is C27H35N3O5S. The number of benzene rings is 1. The predicted molar refractivity (Wildman–Crippen MR) is 141 cm³/mol. The van der Waals surface area contributed by atoms with Crippen molar-refractivity contribution in [3.05, 3.63) is 45.8 Å². The van der Waals surface area contributed by atoms with E-state index < -0.39 is 5.97 Å². The van der Waals surface area contributed by atoms with Crippen LogP contribution in [0.25, 0.3) is 0 Å². The van der Waals surface area contributed by atoms with E-state index in [9.17, 15) is 14.4 Å². The molecule has 1 aromatic heterocycles. The summed E-state index contributed by atoms with van der Waals surface area (Å²) in [5, 5.41) is 6.50. The molecule has 1 aromatic carbocycles. The number of carbonyl (C=O) groups is 3. The Morgan fingerprint density at radius 3 is 2.56 bits per heavy atom. The molecule has 0 saturated carbocycles. The summed E-state index contributed by atoms with van der Waals surface area (Å²) < 4.78 is 10.2. The van der Waals surface area contributed by atoms with Crippen LogP contribution in [0.2, 0.25) is 0 Å². The SMILES string of the molecule is COC(=O)c1ccccc1NC(=O)c1c(NC(=O)CN2CCOCC2)sc2c1CC[C@H](C(C)(C)C)C2. The lowest BCUT2D eigenvalue weighted by molar-refractivity contribution is -0.118. The first kappa shape index (κ1) is 26.3. The molecule has 0 unspecified atom stereocenters. The highest BCUT2D eigenvalue weighted by Crippen LogP contribution is 2.44. The number of hydrogen-bond acceptors (Lipinski definition) is 7. The first-order valence-corrected chi connectivity index (χ1v) is 13.2. The normalized spacial score (nSPS) is 18.3. The zero-order valence-corrected chi connectivity index (χ0v) is 22.3. The fraction of sp³-hybridized carbons (Fsp3) is 0.519. The maximum absolute atomic E-state index is 13.6. The number of fused-ring (bicyclic) bond motifs is 1. The molecule has 2 aliphatic rings. The molecule has 0 radical (unpaired) electrons. The van der Waals surface area contributed by atoms with Crippen molar-refractivity contribution < 1.29 is 23.9 Å². The molecule has 4 rings (SSSR count). The zero-order valence-electron chi connectivity index (χ0n) is 21.4. The fourth-order valence-electron chi connectivity index (χ4n) is 4.85. The van der Waals surface area contributed by atoms with E-state index in [1.165, 1.54) is 18.4 Å². The van der Waals surface area contributed by atoms with Gasteiger partial charge in [0.25, 0.3) is 5.91 Å². The summed E-state index contributed by atoms with van der Waals surface area (Å²) >= 11 is 1.50. The Kier molecular flexibility index (Phi) is 8.12. The lowest BCUT2D eigenvalue weighted by Crippen LogP contribution is -2.41. The zero-order chi connectivity index (χ0) is 25.9. The second-order valence-electron chi connectivity index (χ2n) is 10.4. The molecule has 1 aliphatic carbocycles. The van der Waals surface area contributed by atoms with Gasteiger partial charge in [-0.1, -0.05) is 32.9 Å². The quantitative estimate of drug-likeness (QED) is 0.562. The number of amides is 2. The summed E-state index contributed by atoms with van der Waals surface area (Å²) in [5.41, 5.74) is 2.31. The van der Waals surface area contributed by atoms with Crippen molar-refractivity contribution in [1.29, 1.82) is 0 Å². The Labute approximate surface area is 216 Å². The standard InChI is InChI=1S/C27H35N3O5S/c1-27(2,3)17-9-10-19-21(15-17)36-25(29-22(31)16-30-11-13-35-14-12-30)23(19)24(32)28-20-8-6-5-7-18(20)26(33)34-4/h5-8,17H,9-16H2,1-4H3,(H,28,32)(H,29,31)/t17-/m0/s1. The minimum atomic E-state index is -0.523. The van der Waals surface area contributed by atoms with E-state index in [-0.39, 0.29) is 29.3 Å². The number of anilines is 2. The van der Waals surface area contributed by atoms with E-state index in [2.05, 4.69) is 31.4 Å². The van der Waals surface area contributed by atoms with Gasteiger partial charge in [0.15, 0.2) is 0 Å². The molecule has 9 heteroatoms. The second-order valence-corrected chi connectivity index (χ2v) is 11.5. The second kappa shape index (κ2) is 11.1. The van der Waals surface area contributed by atoms with Crippen LogP contribution in [-0.4, -0.2) is 62.6 Å². The number of ether oxygens (including phenoxy) is 2. The van der Waals surface area contributed by atoms with Gasteiger partial charge in [-0.2, -0.15) is 0 Å². The Balaban J connectivity index is 1.62. The molecule has 0 spiro atoms. The Hall–Kier alpha value is -2.75. The summed E-state index contributed by atoms with van der Waals surface area (Å²) in [7, 11) is 1.31. The molecule has 1 aliphatic heterocycles. The van der Waals surface area contributed by atoms with Gasteiger partial charge < -0.3 is 20.1 Å². The van der Waals surface area contributed by atoms with Crippen LogP contribution < -0.4 is 10.6 Å². The number of carbonyl (C=O) groups excluding carboxylic acids is 3. The van der Waals surface area contributed by atoms with Crippen LogP contribution in [0.4, 0.5) is 10.7 Å². The van der Waals surface area contributed by atoms with Gasteiger partial charge in [-0.15, -0.1) is 11.3 Å². The van der Waals surface area contributed by atoms with Gasteiger partial charge in [0.1, 0.15) is 5.00 Å². The first-order valence-electron chi connectivity index (χ1n) is 12.4. The van der Waals surface area contributed by atoms with E-state index in [0.29, 0.717) is 48.5 Å². The van der Waals surface area contributed by atoms with E-state index in [4.69, 9.17) is 9.47 Å². The summed E-state index contributed by atoms with van der Waals surface area (Å²) in [5.74, 6) is -0.506. The van der Waals surface area contributed by atoms with Crippen LogP contribution in [-0.2, 0) is 27.1 Å². The monoisotopic (exact) mass is 513 g/mol. The number of morpholine rings is 1. The van der Waals surface area contributed by atoms with Crippen molar-refractivity contribution in [3.63, 3.8) is 0 Å². The Bertz CT molecular complexity index is 1130. The average Bonchev–Trinajstić information content (AvgIpc) is 3.20. The van der Waals surface area contributed by atoms with E-state index in [1.807, 2.05) is 4.90 Å². The van der Waals surface area contributed by atoms with E-state index >= 15 is 0 Å². The molecule has 194 valence electrons. The molecule has 1 saturated heterocycles. The molecule has 2 aromatic rings. The topological polar surface area (TPSA) is 97.0 Å². The Morgan fingerprint density at radius 2 is 1.86 bits per heavy atom. The number of para-hydroxylation sites is 1. The number of nitrogens with one attached hydrogen (secondary N) is 2. The molecule has 2 N–H and O–H groups in total. The highest BCUT2D eigenvalue weighted by Gasteiger charge is 2.34. The minimum Gasteiger partial charge on any atom is -0.465 e. The summed E-state index contributed by atoms with van der Waals surface area (Å²) in [6, 6.07) is 6.77. The third-order valence-corrected chi connectivity index (χ3v) is 8.19. The van der Waals surface area contributed by atoms with Crippen LogP contribution in [0.1, 0.15) is 58.3 Å². The van der Waals surface area contributed by atoms with Gasteiger partial charge in [0.05, 0.1) is 43.7 Å². The van der Waals surface area contributed by atoms with Crippen LogP contribution in [0.15, 0.2) is 24.3 Å². The van der Waals surface area contributed by atoms with Gasteiger partial charge >= 0.3 is 5.97 Å². The largest absolute Gasteiger partial charge is 0.465 e. The van der Waals surface area contributed by atoms with Gasteiger partial charge in [-0.05, 0) is 48.3 Å². The molecule has 2 heterocycles. The number of rotatable bonds is 6. The third-order valence-electron chi connectivity index (χ3n) is 7.02. The number of thiophene rings is 1. The molecule has 1 atom stereocenters. The van der Waals surface area contributed by atoms with Crippen LogP contribution in [0.5, 0.6) is 0 Å². The number of methoxy groups -OCH3 is 1. The van der Waals surface area contributed by atoms with Gasteiger partial charge in [0.2, 0.25) is 5.91 Å². The van der Waals surface area contributed by atoms with Crippen LogP contribution in [0.3, 0.4) is 0 Å². The van der Waals surface area contributed by atoms with Gasteiger partial charge in [0, 0.05) is 18.0 Å². The van der Waals surface area contributed by atoms with Crippen molar-refractivity contribution in [2.75, 3.05) is 50.6 Å². The number of esters is 1. The predicted octanol–water partition coefficient (Wildman–Crippen LogP) is 4.21. The lowest BCUT2D eigenvalue weighted by Gasteiger charge is -2.33. The third kappa shape index (κ3) is 5.96. The maximum atomic E-state index is 13.6. The highest BCUT2D eigenvalue weighted by atomic mass is 32.1. The average molecular weight is 514 g/mol. The molecular weight excluding hydrogens is 478 g/mol. The molecule has 36 heavy (non-hydrogen) atoms. The van der Waals surface area contributed by atoms with Gasteiger partial charge in [-0.3, -0.25) is 14.5 Å². The van der Waals surface area contributed by atoms with Crippen molar-refractivity contribution in [1.82, 2.24) is 4.90 Å². The fourth-order valence-corrected chi connectivity index (χ4v) is 6.19. The lowest BCUT2D eigenvalue weighted by atomic mass is 9.72. The van der Waals surface area contributed by atoms with Crippen molar-refractivity contribution in [3.8, 4) is 0 Å². The number of hydrogen-bond donors (Lipinski definition) is 2. The minimum absolute atomic E-state index is 0.146. The maximum Gasteiger partial charge on any atom is 0.339 e. The smallest absolute Gasteiger partial charge is 0.339 e. The molecule has 1 fully saturated rings. The summed E-state index contributed by atoms with van der Waals surface area (Å²) in [4.78, 5) is 42.0. The van der Waals surface area contributed by atoms with E-state index in [1.54, 1.807) is 24.3 Å². The Morgan fingerprint density at radius 1 is 1.14 bits per heavy atom. The molecule has 8 nitrogen and oxygen atoms in total. The summed E-state index contributed by atoms with van der Waals surface area (Å²) in [6.45, 7) is 9.64. The van der Waals surface area contributed by atoms with Crippen LogP contribution in [0, 0.1) is 11.3 Å². The summed E-state index contributed by atoms with van der Waals surface area (Å²) in [6.07, 6.45) is 2.63. The first-order chi connectivity index (χ1) is 17.2. The van der Waals surface area contributed by atoms with Crippen LogP contribution >= 0.6 is 11.3 Å².